The van der Waals surface area contributed by atoms with E-state index in [0.29, 0.717) is 11.6 Å². The van der Waals surface area contributed by atoms with E-state index in [1.54, 1.807) is 45.0 Å². The molecule has 8 heteroatoms. The number of halogens is 1. The highest BCUT2D eigenvalue weighted by Gasteiger charge is 2.26. The number of hydrogen-bond acceptors (Lipinski definition) is 4. The minimum Gasteiger partial charge on any atom is -0.495 e. The predicted molar refractivity (Wildman–Crippen MR) is 106 cm³/mol. The summed E-state index contributed by atoms with van der Waals surface area (Å²) in [5.41, 5.74) is 0.430. The van der Waals surface area contributed by atoms with Gasteiger partial charge in [-0.15, -0.1) is 0 Å². The van der Waals surface area contributed by atoms with Crippen LogP contribution in [0.1, 0.15) is 36.7 Å². The Balaban J connectivity index is 2.25. The summed E-state index contributed by atoms with van der Waals surface area (Å²) in [7, 11) is -2.48. The number of carbonyl (C=O) groups excluding carboxylic acids is 1. The van der Waals surface area contributed by atoms with Crippen molar-refractivity contribution in [2.75, 3.05) is 7.11 Å². The molecule has 0 aliphatic rings. The van der Waals surface area contributed by atoms with Crippen molar-refractivity contribution in [3.8, 4) is 5.75 Å². The molecule has 0 aliphatic heterocycles. The van der Waals surface area contributed by atoms with Crippen LogP contribution in [0.3, 0.4) is 0 Å². The number of amides is 1. The average Bonchev–Trinajstić information content (AvgIpc) is 2.58. The fourth-order valence-corrected chi connectivity index (χ4v) is 4.11. The van der Waals surface area contributed by atoms with E-state index in [0.717, 1.165) is 5.56 Å². The van der Waals surface area contributed by atoms with Crippen molar-refractivity contribution >= 4 is 27.5 Å². The molecule has 0 aliphatic carbocycles. The lowest BCUT2D eigenvalue weighted by atomic mass is 10.1. The molecule has 0 aromatic heterocycles. The largest absolute Gasteiger partial charge is 0.495 e. The van der Waals surface area contributed by atoms with Gasteiger partial charge in [0.05, 0.1) is 7.11 Å². The Morgan fingerprint density at radius 2 is 1.74 bits per heavy atom. The minimum absolute atomic E-state index is 0.0842. The van der Waals surface area contributed by atoms with E-state index < -0.39 is 15.6 Å². The second kappa shape index (κ2) is 8.29. The van der Waals surface area contributed by atoms with Crippen molar-refractivity contribution < 1.29 is 17.9 Å². The van der Waals surface area contributed by atoms with Gasteiger partial charge in [-0.25, -0.2) is 13.1 Å². The van der Waals surface area contributed by atoms with Gasteiger partial charge < -0.3 is 10.1 Å². The zero-order chi connectivity index (χ0) is 20.2. The third-order valence-electron chi connectivity index (χ3n) is 3.52. The second-order valence-corrected chi connectivity index (χ2v) is 9.12. The number of hydrogen-bond donors (Lipinski definition) is 2. The van der Waals surface area contributed by atoms with Crippen molar-refractivity contribution in [2.24, 2.45) is 0 Å². The molecule has 0 saturated heterocycles. The number of ether oxygens (including phenoxy) is 1. The Kier molecular flexibility index (Phi) is 6.51. The Morgan fingerprint density at radius 1 is 1.11 bits per heavy atom. The highest BCUT2D eigenvalue weighted by Crippen LogP contribution is 2.26. The number of rotatable bonds is 6. The number of benzene rings is 2. The van der Waals surface area contributed by atoms with Crippen LogP contribution < -0.4 is 14.8 Å². The molecular weight excluding hydrogens is 388 g/mol. The van der Waals surface area contributed by atoms with Gasteiger partial charge in [0.1, 0.15) is 10.6 Å². The van der Waals surface area contributed by atoms with Gasteiger partial charge in [-0.1, -0.05) is 23.7 Å². The maximum atomic E-state index is 12.7. The lowest BCUT2D eigenvalue weighted by Gasteiger charge is -2.21. The van der Waals surface area contributed by atoms with Gasteiger partial charge >= 0.3 is 0 Å². The highest BCUT2D eigenvalue weighted by molar-refractivity contribution is 7.89. The molecular formula is C19H23ClN2O4S. The fraction of sp³-hybridized carbons (Fsp3) is 0.316. The molecule has 146 valence electrons. The minimum atomic E-state index is -3.86. The van der Waals surface area contributed by atoms with Crippen molar-refractivity contribution in [1.29, 1.82) is 0 Å². The summed E-state index contributed by atoms with van der Waals surface area (Å²) in [5.74, 6) is -0.221. The van der Waals surface area contributed by atoms with Gasteiger partial charge in [0, 0.05) is 22.7 Å². The van der Waals surface area contributed by atoms with Crippen molar-refractivity contribution in [1.82, 2.24) is 10.0 Å². The van der Waals surface area contributed by atoms with E-state index in [-0.39, 0.29) is 22.1 Å². The van der Waals surface area contributed by atoms with Crippen LogP contribution in [-0.2, 0) is 16.6 Å². The van der Waals surface area contributed by atoms with E-state index in [1.807, 2.05) is 0 Å². The molecule has 6 nitrogen and oxygen atoms in total. The van der Waals surface area contributed by atoms with Crippen molar-refractivity contribution in [3.63, 3.8) is 0 Å². The quantitative estimate of drug-likeness (QED) is 0.764. The highest BCUT2D eigenvalue weighted by atomic mass is 35.5. The van der Waals surface area contributed by atoms with E-state index in [2.05, 4.69) is 10.0 Å². The third-order valence-corrected chi connectivity index (χ3v) is 5.55. The van der Waals surface area contributed by atoms with Crippen LogP contribution >= 0.6 is 11.6 Å². The van der Waals surface area contributed by atoms with Gasteiger partial charge in [0.15, 0.2) is 0 Å². The number of sulfonamides is 1. The Labute approximate surface area is 164 Å². The normalized spacial score (nSPS) is 11.9. The first-order chi connectivity index (χ1) is 12.5. The number of carbonyl (C=O) groups is 1. The summed E-state index contributed by atoms with van der Waals surface area (Å²) >= 11 is 5.84. The molecule has 0 spiro atoms. The standard InChI is InChI=1S/C19H23ClN2O4S/c1-19(2,3)22-27(24,25)17-11-14(7-10-16(17)26-4)18(23)21-12-13-5-8-15(20)9-6-13/h5-11,22H,12H2,1-4H3,(H,21,23). The van der Waals surface area contributed by atoms with Crippen LogP contribution in [-0.4, -0.2) is 27.0 Å². The van der Waals surface area contributed by atoms with Crippen LogP contribution in [0.15, 0.2) is 47.4 Å². The van der Waals surface area contributed by atoms with E-state index in [9.17, 15) is 13.2 Å². The lowest BCUT2D eigenvalue weighted by Crippen LogP contribution is -2.40. The van der Waals surface area contributed by atoms with Gasteiger partial charge in [-0.05, 0) is 56.7 Å². The smallest absolute Gasteiger partial charge is 0.251 e. The van der Waals surface area contributed by atoms with Gasteiger partial charge in [-0.3, -0.25) is 4.79 Å². The average molecular weight is 411 g/mol. The monoisotopic (exact) mass is 410 g/mol. The van der Waals surface area contributed by atoms with Gasteiger partial charge in [-0.2, -0.15) is 0 Å². The molecule has 2 rings (SSSR count). The Hall–Kier alpha value is -2.09. The molecule has 0 unspecified atom stereocenters. The summed E-state index contributed by atoms with van der Waals surface area (Å²) in [6.45, 7) is 5.50. The summed E-state index contributed by atoms with van der Waals surface area (Å²) in [6, 6.07) is 11.4. The SMILES string of the molecule is COc1ccc(C(=O)NCc2ccc(Cl)cc2)cc1S(=O)(=O)NC(C)(C)C. The summed E-state index contributed by atoms with van der Waals surface area (Å²) in [6.07, 6.45) is 0. The topological polar surface area (TPSA) is 84.5 Å². The van der Waals surface area contributed by atoms with Crippen LogP contribution in [0, 0.1) is 0 Å². The first kappa shape index (κ1) is 21.2. The number of methoxy groups -OCH3 is 1. The van der Waals surface area contributed by atoms with Gasteiger partial charge in [0.2, 0.25) is 10.0 Å². The molecule has 2 N–H and O–H groups in total. The zero-order valence-corrected chi connectivity index (χ0v) is 17.2. The molecule has 1 amide bonds. The van der Waals surface area contributed by atoms with Crippen LogP contribution in [0.25, 0.3) is 0 Å². The molecule has 2 aromatic carbocycles. The summed E-state index contributed by atoms with van der Waals surface area (Å²) in [4.78, 5) is 12.4. The maximum absolute atomic E-state index is 12.7. The molecule has 0 radical (unpaired) electrons. The molecule has 0 fully saturated rings. The first-order valence-corrected chi connectivity index (χ1v) is 10.1. The van der Waals surface area contributed by atoms with E-state index in [1.165, 1.54) is 25.3 Å². The van der Waals surface area contributed by atoms with Crippen LogP contribution in [0.5, 0.6) is 5.75 Å². The van der Waals surface area contributed by atoms with Crippen LogP contribution in [0.4, 0.5) is 0 Å². The summed E-state index contributed by atoms with van der Waals surface area (Å²) < 4.78 is 33.1. The van der Waals surface area contributed by atoms with Crippen molar-refractivity contribution in [3.05, 3.63) is 58.6 Å². The van der Waals surface area contributed by atoms with E-state index in [4.69, 9.17) is 16.3 Å². The third kappa shape index (κ3) is 5.95. The molecule has 27 heavy (non-hydrogen) atoms. The molecule has 2 aromatic rings. The van der Waals surface area contributed by atoms with Gasteiger partial charge in [0.25, 0.3) is 5.91 Å². The fourth-order valence-electron chi connectivity index (χ4n) is 2.37. The predicted octanol–water partition coefficient (Wildman–Crippen LogP) is 3.36. The summed E-state index contributed by atoms with van der Waals surface area (Å²) in [5, 5.41) is 3.37. The number of nitrogens with one attached hydrogen (secondary N) is 2. The lowest BCUT2D eigenvalue weighted by molar-refractivity contribution is 0.0950. The molecule has 0 atom stereocenters. The molecule has 0 bridgehead atoms. The molecule has 0 heterocycles. The first-order valence-electron chi connectivity index (χ1n) is 8.26. The molecule has 0 saturated carbocycles. The van der Waals surface area contributed by atoms with Crippen LogP contribution in [0.2, 0.25) is 5.02 Å². The maximum Gasteiger partial charge on any atom is 0.251 e. The zero-order valence-electron chi connectivity index (χ0n) is 15.7. The second-order valence-electron chi connectivity index (χ2n) is 7.03. The Morgan fingerprint density at radius 3 is 2.30 bits per heavy atom. The van der Waals surface area contributed by atoms with E-state index >= 15 is 0 Å². The van der Waals surface area contributed by atoms with Crippen molar-refractivity contribution in [2.45, 2.75) is 37.8 Å². The Bertz CT molecular complexity index is 920.